The van der Waals surface area contributed by atoms with Crippen molar-refractivity contribution in [3.63, 3.8) is 0 Å². The van der Waals surface area contributed by atoms with Crippen LogP contribution in [-0.4, -0.2) is 36.2 Å². The molecule has 5 rings (SSSR count). The molecule has 3 saturated heterocycles. The lowest BCUT2D eigenvalue weighted by Crippen LogP contribution is -2.54. The molecule has 3 fully saturated rings. The van der Waals surface area contributed by atoms with Gasteiger partial charge in [-0.05, 0) is 43.4 Å². The van der Waals surface area contributed by atoms with Gasteiger partial charge in [-0.15, -0.1) is 6.58 Å². The van der Waals surface area contributed by atoms with Crippen LogP contribution >= 0.6 is 0 Å². The van der Waals surface area contributed by atoms with E-state index in [-0.39, 0.29) is 6.04 Å². The molecular weight excluding hydrogens is 316 g/mol. The molecule has 2 unspecified atom stereocenters. The molecule has 5 atom stereocenters. The van der Waals surface area contributed by atoms with Gasteiger partial charge in [-0.3, -0.25) is 4.90 Å². The number of aliphatic hydroxyl groups is 1. The van der Waals surface area contributed by atoms with E-state index in [4.69, 9.17) is 4.74 Å². The number of methoxy groups -OCH3 is 1. The third-order valence-corrected chi connectivity index (χ3v) is 5.98. The summed E-state index contributed by atoms with van der Waals surface area (Å²) in [5.41, 5.74) is 1.35. The Hall–Kier alpha value is -2.11. The van der Waals surface area contributed by atoms with E-state index >= 15 is 0 Å². The van der Waals surface area contributed by atoms with E-state index in [1.165, 1.54) is 12.6 Å². The molecule has 3 aliphatic heterocycles. The molecule has 5 heteroatoms. The van der Waals surface area contributed by atoms with Crippen LogP contribution in [0.2, 0.25) is 0 Å². The molecule has 2 aromatic rings. The van der Waals surface area contributed by atoms with Crippen LogP contribution < -0.4 is 9.47 Å². The van der Waals surface area contributed by atoms with Gasteiger partial charge in [0.25, 0.3) is 0 Å². The molecule has 5 nitrogen and oxygen atoms in total. The third-order valence-electron chi connectivity index (χ3n) is 5.98. The first-order valence-electron chi connectivity index (χ1n) is 8.87. The number of piperidine rings is 3. The topological polar surface area (TPSA) is 59.6 Å². The van der Waals surface area contributed by atoms with Crippen LogP contribution in [0.3, 0.4) is 0 Å². The first-order valence-corrected chi connectivity index (χ1v) is 8.87. The summed E-state index contributed by atoms with van der Waals surface area (Å²) in [5.74, 6) is 1.80. The minimum atomic E-state index is -0.621. The molecule has 0 aliphatic carbocycles. The summed E-state index contributed by atoms with van der Waals surface area (Å²) in [7, 11) is 1.60. The molecule has 3 aliphatic rings. The van der Waals surface area contributed by atoms with Gasteiger partial charge in [0.15, 0.2) is 6.20 Å². The average molecular weight is 340 g/mol. The number of ether oxygens (including phenoxy) is 1. The number of hydrogen-bond donors (Lipinski definition) is 1. The van der Waals surface area contributed by atoms with Gasteiger partial charge in [0.05, 0.1) is 18.6 Å². The van der Waals surface area contributed by atoms with Crippen LogP contribution in [-0.2, 0) is 0 Å². The molecule has 2 bridgehead atoms. The van der Waals surface area contributed by atoms with Crippen molar-refractivity contribution in [2.24, 2.45) is 11.8 Å². The monoisotopic (exact) mass is 340 g/mol. The van der Waals surface area contributed by atoms with Crippen LogP contribution in [0.1, 0.15) is 24.5 Å². The van der Waals surface area contributed by atoms with Crippen molar-refractivity contribution < 1.29 is 14.6 Å². The predicted molar refractivity (Wildman–Crippen MR) is 96.2 cm³/mol. The van der Waals surface area contributed by atoms with E-state index in [9.17, 15) is 10.3 Å². The molecule has 25 heavy (non-hydrogen) atoms. The van der Waals surface area contributed by atoms with Crippen molar-refractivity contribution in [2.75, 3.05) is 20.2 Å². The lowest BCUT2D eigenvalue weighted by atomic mass is 9.73. The predicted octanol–water partition coefficient (Wildman–Crippen LogP) is 2.41. The number of hydrogen-bond acceptors (Lipinski definition) is 4. The summed E-state index contributed by atoms with van der Waals surface area (Å²) >= 11 is 0. The zero-order valence-corrected chi connectivity index (χ0v) is 14.5. The summed E-state index contributed by atoms with van der Waals surface area (Å²) in [6.07, 6.45) is 5.06. The van der Waals surface area contributed by atoms with Gasteiger partial charge in [-0.1, -0.05) is 6.08 Å². The van der Waals surface area contributed by atoms with Crippen molar-refractivity contribution >= 4 is 10.9 Å². The molecule has 132 valence electrons. The zero-order valence-electron chi connectivity index (χ0n) is 14.5. The van der Waals surface area contributed by atoms with Crippen LogP contribution in [0.4, 0.5) is 0 Å². The van der Waals surface area contributed by atoms with E-state index in [0.717, 1.165) is 35.2 Å². The largest absolute Gasteiger partial charge is 0.618 e. The quantitative estimate of drug-likeness (QED) is 0.527. The Labute approximate surface area is 147 Å². The van der Waals surface area contributed by atoms with Gasteiger partial charge in [-0.2, -0.15) is 4.73 Å². The SMILES string of the molecule is C=C[C@H]1CN2CCC1C[C@H]2[C@H](O)c1cc[n+]([O-])c2ccc(OC)cc12. The number of aliphatic hydroxyl groups excluding tert-OH is 1. The minimum absolute atomic E-state index is 0.0897. The highest BCUT2D eigenvalue weighted by Crippen LogP contribution is 2.42. The van der Waals surface area contributed by atoms with Crippen molar-refractivity contribution in [2.45, 2.75) is 25.0 Å². The number of rotatable bonds is 4. The number of nitrogens with zero attached hydrogens (tertiary/aromatic N) is 2. The standard InChI is InChI=1S/C20H24N2O3/c1-3-13-12-21-8-6-14(13)10-19(21)20(23)16-7-9-22(24)18-5-4-15(25-2)11-17(16)18/h3-5,7,9,11,13-14,19-20,23H,1,6,8,10,12H2,2H3/t13-,14?,19-,20+/m0/s1. The molecule has 1 aromatic carbocycles. The van der Waals surface area contributed by atoms with Gasteiger partial charge in [0.1, 0.15) is 5.75 Å². The maximum absolute atomic E-state index is 12.1. The molecule has 1 N–H and O–H groups in total. The Kier molecular flexibility index (Phi) is 4.13. The van der Waals surface area contributed by atoms with E-state index in [2.05, 4.69) is 17.6 Å². The molecule has 1 aromatic heterocycles. The number of benzene rings is 1. The number of aromatic nitrogens is 1. The Morgan fingerprint density at radius 2 is 2.28 bits per heavy atom. The molecule has 0 spiro atoms. The first-order chi connectivity index (χ1) is 12.1. The fraction of sp³-hybridized carbons (Fsp3) is 0.450. The minimum Gasteiger partial charge on any atom is -0.618 e. The third kappa shape index (κ3) is 2.68. The normalized spacial score (nSPS) is 29.5. The second-order valence-electron chi connectivity index (χ2n) is 7.17. The van der Waals surface area contributed by atoms with Crippen LogP contribution in [0.15, 0.2) is 43.1 Å². The van der Waals surface area contributed by atoms with Gasteiger partial charge < -0.3 is 15.1 Å². The fourth-order valence-corrected chi connectivity index (χ4v) is 4.55. The Morgan fingerprint density at radius 3 is 2.96 bits per heavy atom. The summed E-state index contributed by atoms with van der Waals surface area (Å²) < 4.78 is 6.15. The summed E-state index contributed by atoms with van der Waals surface area (Å²) in [5, 5.41) is 24.0. The molecule has 0 radical (unpaired) electrons. The van der Waals surface area contributed by atoms with Crippen LogP contribution in [0.5, 0.6) is 5.75 Å². The number of fused-ring (bicyclic) bond motifs is 4. The van der Waals surface area contributed by atoms with Gasteiger partial charge >= 0.3 is 0 Å². The van der Waals surface area contributed by atoms with Crippen LogP contribution in [0.25, 0.3) is 10.9 Å². The molecule has 0 saturated carbocycles. The fourth-order valence-electron chi connectivity index (χ4n) is 4.55. The van der Waals surface area contributed by atoms with Gasteiger partial charge in [0, 0.05) is 30.3 Å². The van der Waals surface area contributed by atoms with Gasteiger partial charge in [-0.25, -0.2) is 0 Å². The maximum atomic E-state index is 12.1. The Bertz CT molecular complexity index is 807. The second-order valence-corrected chi connectivity index (χ2v) is 7.17. The smallest absolute Gasteiger partial charge is 0.224 e. The number of pyridine rings is 1. The van der Waals surface area contributed by atoms with Crippen molar-refractivity contribution in [3.05, 3.63) is 53.9 Å². The highest BCUT2D eigenvalue weighted by molar-refractivity contribution is 5.81. The lowest BCUT2D eigenvalue weighted by molar-refractivity contribution is -0.577. The zero-order chi connectivity index (χ0) is 17.6. The first kappa shape index (κ1) is 16.4. The Morgan fingerprint density at radius 1 is 1.44 bits per heavy atom. The highest BCUT2D eigenvalue weighted by atomic mass is 16.5. The van der Waals surface area contributed by atoms with E-state index in [0.29, 0.717) is 23.1 Å². The molecule has 4 heterocycles. The van der Waals surface area contributed by atoms with E-state index in [1.54, 1.807) is 25.3 Å². The highest BCUT2D eigenvalue weighted by Gasteiger charge is 2.42. The Balaban J connectivity index is 1.72. The van der Waals surface area contributed by atoms with Crippen molar-refractivity contribution in [1.82, 2.24) is 4.90 Å². The lowest BCUT2D eigenvalue weighted by Gasteiger charge is -2.50. The van der Waals surface area contributed by atoms with Crippen molar-refractivity contribution in [3.8, 4) is 5.75 Å². The average Bonchev–Trinajstić information content (AvgIpc) is 2.67. The van der Waals surface area contributed by atoms with Gasteiger partial charge in [0.2, 0.25) is 5.52 Å². The van der Waals surface area contributed by atoms with E-state index in [1.807, 2.05) is 6.07 Å². The second kappa shape index (κ2) is 6.32. The molecular formula is C20H24N2O3. The molecule has 0 amide bonds. The van der Waals surface area contributed by atoms with E-state index < -0.39 is 6.10 Å². The summed E-state index contributed by atoms with van der Waals surface area (Å²) in [6.45, 7) is 5.94. The maximum Gasteiger partial charge on any atom is 0.224 e. The summed E-state index contributed by atoms with van der Waals surface area (Å²) in [6, 6.07) is 7.19. The summed E-state index contributed by atoms with van der Waals surface area (Å²) in [4.78, 5) is 2.38. The van der Waals surface area contributed by atoms with Crippen LogP contribution in [0, 0.1) is 17.0 Å². The van der Waals surface area contributed by atoms with Crippen molar-refractivity contribution in [1.29, 1.82) is 0 Å².